The molecule has 0 bridgehead atoms. The van der Waals surface area contributed by atoms with E-state index in [1.54, 1.807) is 0 Å². The van der Waals surface area contributed by atoms with Gasteiger partial charge >= 0.3 is 11.9 Å². The number of hydrogen-bond donors (Lipinski definition) is 4. The highest BCUT2D eigenvalue weighted by Crippen LogP contribution is 2.09. The number of aliphatic hydroxyl groups is 2. The van der Waals surface area contributed by atoms with Crippen LogP contribution in [0.25, 0.3) is 0 Å². The highest BCUT2D eigenvalue weighted by Gasteiger charge is 1.91. The summed E-state index contributed by atoms with van der Waals surface area (Å²) in [6.45, 7) is 13.5. The molecule has 0 amide bonds. The van der Waals surface area contributed by atoms with Crippen LogP contribution in [0, 0.1) is 0 Å². The van der Waals surface area contributed by atoms with Gasteiger partial charge in [-0.05, 0) is 13.8 Å². The lowest BCUT2D eigenvalue weighted by Gasteiger charge is -1.99. The van der Waals surface area contributed by atoms with Crippen LogP contribution in [0.1, 0.15) is 91.9 Å². The fourth-order valence-electron chi connectivity index (χ4n) is 1.56. The van der Waals surface area contributed by atoms with Crippen LogP contribution in [0.15, 0.2) is 24.3 Å². The number of hydrogen-bond acceptors (Lipinski definition) is 4. The van der Waals surface area contributed by atoms with Crippen LogP contribution in [0.3, 0.4) is 0 Å². The second-order valence-corrected chi connectivity index (χ2v) is 6.45. The molecule has 0 saturated heterocycles. The van der Waals surface area contributed by atoms with Gasteiger partial charge in [0.1, 0.15) is 0 Å². The molecule has 6 nitrogen and oxygen atoms in total. The summed E-state index contributed by atoms with van der Waals surface area (Å²) >= 11 is 0. The standard InChI is InChI=1S/C12H26.2C4H6O2.C2H6O2/c1-3-5-7-9-11-12-10-8-6-4-2;2*1-3(2)4(5)6;3-1-2-4/h3-12H2,1-2H3;2*1H2,2H3,(H,5,6);3-4H,1-2H2. The fraction of sp³-hybridized carbons (Fsp3) is 0.727. The lowest BCUT2D eigenvalue weighted by molar-refractivity contribution is -0.133. The molecule has 0 aromatic heterocycles. The summed E-state index contributed by atoms with van der Waals surface area (Å²) in [5.74, 6) is -1.87. The number of unbranched alkanes of at least 4 members (excludes halogenated alkanes) is 9. The largest absolute Gasteiger partial charge is 0.478 e. The molecule has 0 fully saturated rings. The molecule has 0 aliphatic heterocycles. The Labute approximate surface area is 172 Å². The molecule has 0 aromatic carbocycles. The van der Waals surface area contributed by atoms with Gasteiger partial charge in [-0.3, -0.25) is 0 Å². The van der Waals surface area contributed by atoms with Crippen molar-refractivity contribution in [2.75, 3.05) is 13.2 Å². The SMILES string of the molecule is C=C(C)C(=O)O.C=C(C)C(=O)O.CCCCCCCCCCCC.OCCO. The molecule has 0 unspecified atom stereocenters. The Kier molecular flexibility index (Phi) is 36.4. The third kappa shape index (κ3) is 49.7. The number of carboxylic acid groups (broad SMARTS) is 2. The van der Waals surface area contributed by atoms with Crippen LogP contribution in [0.5, 0.6) is 0 Å². The van der Waals surface area contributed by atoms with Crippen molar-refractivity contribution in [1.82, 2.24) is 0 Å². The quantitative estimate of drug-likeness (QED) is 0.263. The summed E-state index contributed by atoms with van der Waals surface area (Å²) in [6.07, 6.45) is 14.4. The molecule has 28 heavy (non-hydrogen) atoms. The van der Waals surface area contributed by atoms with Crippen molar-refractivity contribution < 1.29 is 30.0 Å². The van der Waals surface area contributed by atoms with E-state index in [2.05, 4.69) is 27.0 Å². The minimum absolute atomic E-state index is 0.125. The van der Waals surface area contributed by atoms with E-state index in [4.69, 9.17) is 20.4 Å². The van der Waals surface area contributed by atoms with Gasteiger partial charge < -0.3 is 20.4 Å². The zero-order valence-corrected chi connectivity index (χ0v) is 18.5. The van der Waals surface area contributed by atoms with E-state index in [-0.39, 0.29) is 24.4 Å². The van der Waals surface area contributed by atoms with Gasteiger partial charge in [-0.2, -0.15) is 0 Å². The van der Waals surface area contributed by atoms with Gasteiger partial charge in [0.05, 0.1) is 13.2 Å². The van der Waals surface area contributed by atoms with Crippen LogP contribution in [0.2, 0.25) is 0 Å². The molecule has 0 rings (SSSR count). The average Bonchev–Trinajstić information content (AvgIpc) is 2.65. The highest BCUT2D eigenvalue weighted by atomic mass is 16.4. The van der Waals surface area contributed by atoms with Crippen molar-refractivity contribution >= 4 is 11.9 Å². The van der Waals surface area contributed by atoms with E-state index in [9.17, 15) is 9.59 Å². The topological polar surface area (TPSA) is 115 Å². The van der Waals surface area contributed by atoms with Gasteiger partial charge in [0.15, 0.2) is 0 Å². The maximum absolute atomic E-state index is 9.60. The number of aliphatic hydroxyl groups excluding tert-OH is 2. The summed E-state index contributed by atoms with van der Waals surface area (Å²) in [5.41, 5.74) is 0.352. The lowest BCUT2D eigenvalue weighted by Crippen LogP contribution is -1.92. The summed E-state index contributed by atoms with van der Waals surface area (Å²) in [5, 5.41) is 31.0. The predicted octanol–water partition coefficient (Wildman–Crippen LogP) is 5.19. The number of carbonyl (C=O) groups is 2. The molecule has 0 radical (unpaired) electrons. The maximum atomic E-state index is 9.60. The van der Waals surface area contributed by atoms with Crippen molar-refractivity contribution in [3.05, 3.63) is 24.3 Å². The van der Waals surface area contributed by atoms with Gasteiger partial charge in [0.25, 0.3) is 0 Å². The van der Waals surface area contributed by atoms with E-state index >= 15 is 0 Å². The second-order valence-electron chi connectivity index (χ2n) is 6.45. The number of rotatable bonds is 12. The fourth-order valence-corrected chi connectivity index (χ4v) is 1.56. The monoisotopic (exact) mass is 404 g/mol. The van der Waals surface area contributed by atoms with E-state index in [0.29, 0.717) is 0 Å². The van der Waals surface area contributed by atoms with Gasteiger partial charge in [0.2, 0.25) is 0 Å². The average molecular weight is 405 g/mol. The number of aliphatic carboxylic acids is 2. The Hall–Kier alpha value is -1.66. The molecule has 0 aliphatic rings. The Balaban J connectivity index is -0.000000152. The molecule has 0 aromatic rings. The molecular formula is C22H44O6. The first-order valence-corrected chi connectivity index (χ1v) is 10.1. The normalized spacial score (nSPS) is 8.79. The van der Waals surface area contributed by atoms with Gasteiger partial charge in [-0.25, -0.2) is 9.59 Å². The molecule has 0 saturated carbocycles. The molecular weight excluding hydrogens is 360 g/mol. The molecule has 4 N–H and O–H groups in total. The number of carboxylic acids is 2. The third-order valence-corrected chi connectivity index (χ3v) is 3.29. The van der Waals surface area contributed by atoms with Gasteiger partial charge in [0, 0.05) is 11.1 Å². The Bertz CT molecular complexity index is 317. The first kappa shape index (κ1) is 33.9. The van der Waals surface area contributed by atoms with E-state index in [1.165, 1.54) is 78.1 Å². The minimum atomic E-state index is -0.935. The minimum Gasteiger partial charge on any atom is -0.478 e. The smallest absolute Gasteiger partial charge is 0.330 e. The van der Waals surface area contributed by atoms with Crippen molar-refractivity contribution in [1.29, 1.82) is 0 Å². The van der Waals surface area contributed by atoms with Crippen molar-refractivity contribution in [3.63, 3.8) is 0 Å². The lowest BCUT2D eigenvalue weighted by atomic mass is 10.1. The van der Waals surface area contributed by atoms with Gasteiger partial charge in [-0.1, -0.05) is 91.2 Å². The van der Waals surface area contributed by atoms with E-state index < -0.39 is 11.9 Å². The summed E-state index contributed by atoms with van der Waals surface area (Å²) in [7, 11) is 0. The molecule has 168 valence electrons. The first-order chi connectivity index (χ1) is 13.1. The molecule has 6 heteroatoms. The zero-order valence-electron chi connectivity index (χ0n) is 18.5. The van der Waals surface area contributed by atoms with Crippen LogP contribution in [-0.4, -0.2) is 45.6 Å². The van der Waals surface area contributed by atoms with Crippen LogP contribution < -0.4 is 0 Å². The first-order valence-electron chi connectivity index (χ1n) is 10.1. The zero-order chi connectivity index (χ0) is 22.8. The molecule has 0 aliphatic carbocycles. The second kappa shape index (κ2) is 30.1. The highest BCUT2D eigenvalue weighted by molar-refractivity contribution is 5.85. The van der Waals surface area contributed by atoms with Crippen molar-refractivity contribution in [2.45, 2.75) is 91.9 Å². The molecule has 0 spiro atoms. The van der Waals surface area contributed by atoms with Crippen LogP contribution in [-0.2, 0) is 9.59 Å². The predicted molar refractivity (Wildman–Crippen MR) is 117 cm³/mol. The Morgan fingerprint density at radius 1 is 0.607 bits per heavy atom. The Morgan fingerprint density at radius 2 is 0.786 bits per heavy atom. The van der Waals surface area contributed by atoms with Crippen LogP contribution in [0.4, 0.5) is 0 Å². The summed E-state index contributed by atoms with van der Waals surface area (Å²) in [4.78, 5) is 19.2. The van der Waals surface area contributed by atoms with Crippen molar-refractivity contribution in [3.8, 4) is 0 Å². The summed E-state index contributed by atoms with van der Waals surface area (Å²) < 4.78 is 0. The molecule has 0 atom stereocenters. The van der Waals surface area contributed by atoms with Crippen molar-refractivity contribution in [2.24, 2.45) is 0 Å². The van der Waals surface area contributed by atoms with Crippen LogP contribution >= 0.6 is 0 Å². The maximum Gasteiger partial charge on any atom is 0.330 e. The van der Waals surface area contributed by atoms with Gasteiger partial charge in [-0.15, -0.1) is 0 Å². The summed E-state index contributed by atoms with van der Waals surface area (Å²) in [6, 6.07) is 0. The Morgan fingerprint density at radius 3 is 0.893 bits per heavy atom. The third-order valence-electron chi connectivity index (χ3n) is 3.29. The van der Waals surface area contributed by atoms with E-state index in [0.717, 1.165) is 0 Å². The van der Waals surface area contributed by atoms with E-state index in [1.807, 2.05) is 0 Å². The molecule has 0 heterocycles.